The van der Waals surface area contributed by atoms with E-state index in [1.54, 1.807) is 12.1 Å². The average molecular weight is 292 g/mol. The van der Waals surface area contributed by atoms with Crippen LogP contribution < -0.4 is 5.32 Å². The van der Waals surface area contributed by atoms with Gasteiger partial charge in [-0.3, -0.25) is 0 Å². The molecule has 0 aliphatic heterocycles. The van der Waals surface area contributed by atoms with Crippen LogP contribution in [0.15, 0.2) is 36.4 Å². The summed E-state index contributed by atoms with van der Waals surface area (Å²) in [6.07, 6.45) is 0.742. The molecule has 0 spiro atoms. The molecule has 2 rings (SSSR count). The molecule has 0 saturated carbocycles. The van der Waals surface area contributed by atoms with Crippen molar-refractivity contribution in [1.82, 2.24) is 5.32 Å². The lowest BCUT2D eigenvalue weighted by Gasteiger charge is -2.20. The predicted molar refractivity (Wildman–Crippen MR) is 82.8 cm³/mol. The number of nitrogens with one attached hydrogen (secondary N) is 1. The molecule has 1 atom stereocenters. The van der Waals surface area contributed by atoms with Crippen molar-refractivity contribution in [3.05, 3.63) is 69.5 Å². The summed E-state index contributed by atoms with van der Waals surface area (Å²) in [4.78, 5) is 0. The van der Waals surface area contributed by atoms with Crippen LogP contribution in [0.25, 0.3) is 0 Å². The Morgan fingerprint density at radius 1 is 1.15 bits per heavy atom. The van der Waals surface area contributed by atoms with Gasteiger partial charge in [0.2, 0.25) is 0 Å². The molecular weight excluding hydrogens is 273 g/mol. The summed E-state index contributed by atoms with van der Waals surface area (Å²) >= 11 is 5.99. The molecule has 2 aromatic carbocycles. The first-order valence-corrected chi connectivity index (χ1v) is 7.08. The molecule has 3 heteroatoms. The number of likely N-dealkylation sites (N-methyl/N-ethyl adjacent to an activating group) is 1. The van der Waals surface area contributed by atoms with Gasteiger partial charge in [-0.15, -0.1) is 0 Å². The summed E-state index contributed by atoms with van der Waals surface area (Å²) < 4.78 is 14.0. The van der Waals surface area contributed by atoms with E-state index in [0.29, 0.717) is 10.6 Å². The van der Waals surface area contributed by atoms with Crippen molar-refractivity contribution in [2.45, 2.75) is 26.3 Å². The highest BCUT2D eigenvalue weighted by Crippen LogP contribution is 2.26. The number of hydrogen-bond acceptors (Lipinski definition) is 1. The van der Waals surface area contributed by atoms with Crippen molar-refractivity contribution in [1.29, 1.82) is 0 Å². The van der Waals surface area contributed by atoms with Gasteiger partial charge < -0.3 is 5.32 Å². The number of halogens is 2. The lowest BCUT2D eigenvalue weighted by Crippen LogP contribution is -2.21. The molecule has 1 unspecified atom stereocenters. The van der Waals surface area contributed by atoms with Crippen LogP contribution in [0.1, 0.15) is 28.3 Å². The van der Waals surface area contributed by atoms with Crippen molar-refractivity contribution in [3.63, 3.8) is 0 Å². The molecule has 0 aliphatic rings. The first-order valence-electron chi connectivity index (χ1n) is 6.70. The Morgan fingerprint density at radius 2 is 1.80 bits per heavy atom. The highest BCUT2D eigenvalue weighted by atomic mass is 35.5. The van der Waals surface area contributed by atoms with Gasteiger partial charge in [-0.2, -0.15) is 0 Å². The van der Waals surface area contributed by atoms with E-state index < -0.39 is 0 Å². The quantitative estimate of drug-likeness (QED) is 0.868. The molecule has 0 heterocycles. The minimum absolute atomic E-state index is 0.0894. The van der Waals surface area contributed by atoms with Gasteiger partial charge in [-0.25, -0.2) is 4.39 Å². The van der Waals surface area contributed by atoms with Gasteiger partial charge >= 0.3 is 0 Å². The molecule has 106 valence electrons. The van der Waals surface area contributed by atoms with Crippen molar-refractivity contribution in [2.75, 3.05) is 7.05 Å². The third-order valence-electron chi connectivity index (χ3n) is 3.73. The van der Waals surface area contributed by atoms with E-state index >= 15 is 0 Å². The van der Waals surface area contributed by atoms with Crippen molar-refractivity contribution in [3.8, 4) is 0 Å². The summed E-state index contributed by atoms with van der Waals surface area (Å²) in [6, 6.07) is 10.8. The molecule has 0 saturated heterocycles. The van der Waals surface area contributed by atoms with Crippen LogP contribution in [0, 0.1) is 19.7 Å². The van der Waals surface area contributed by atoms with Gasteiger partial charge in [-0.05, 0) is 62.2 Å². The largest absolute Gasteiger partial charge is 0.313 e. The second-order valence-corrected chi connectivity index (χ2v) is 5.52. The number of hydrogen-bond donors (Lipinski definition) is 1. The maximum Gasteiger partial charge on any atom is 0.128 e. The Hall–Kier alpha value is -1.38. The summed E-state index contributed by atoms with van der Waals surface area (Å²) in [5.74, 6) is -0.222. The lowest BCUT2D eigenvalue weighted by atomic mass is 9.93. The first kappa shape index (κ1) is 15.0. The second-order valence-electron chi connectivity index (χ2n) is 5.08. The zero-order valence-corrected chi connectivity index (χ0v) is 12.8. The van der Waals surface area contributed by atoms with Gasteiger partial charge in [0.1, 0.15) is 5.82 Å². The molecular formula is C17H19ClFN. The number of aryl methyl sites for hydroxylation is 2. The Kier molecular flexibility index (Phi) is 4.79. The SMILES string of the molecule is CNC(Cc1c(C)cccc1C)c1cc(Cl)ccc1F. The third-order valence-corrected chi connectivity index (χ3v) is 3.97. The predicted octanol–water partition coefficient (Wildman–Crippen LogP) is 4.60. The number of rotatable bonds is 4. The lowest BCUT2D eigenvalue weighted by molar-refractivity contribution is 0.532. The second kappa shape index (κ2) is 6.38. The van der Waals surface area contributed by atoms with Gasteiger partial charge in [0.25, 0.3) is 0 Å². The van der Waals surface area contributed by atoms with Crippen LogP contribution in [0.4, 0.5) is 4.39 Å². The average Bonchev–Trinajstić information content (AvgIpc) is 2.42. The topological polar surface area (TPSA) is 12.0 Å². The van der Waals surface area contributed by atoms with Crippen LogP contribution in [-0.2, 0) is 6.42 Å². The molecule has 0 radical (unpaired) electrons. The Labute approximate surface area is 124 Å². The molecule has 0 amide bonds. The normalized spacial score (nSPS) is 12.4. The van der Waals surface area contributed by atoms with Gasteiger partial charge in [-0.1, -0.05) is 29.8 Å². The van der Waals surface area contributed by atoms with E-state index in [4.69, 9.17) is 11.6 Å². The van der Waals surface area contributed by atoms with E-state index in [-0.39, 0.29) is 11.9 Å². The van der Waals surface area contributed by atoms with Crippen LogP contribution in [-0.4, -0.2) is 7.05 Å². The van der Waals surface area contributed by atoms with E-state index in [2.05, 4.69) is 31.3 Å². The third kappa shape index (κ3) is 3.20. The van der Waals surface area contributed by atoms with Crippen LogP contribution in [0.2, 0.25) is 5.02 Å². The van der Waals surface area contributed by atoms with Gasteiger partial charge in [0, 0.05) is 16.6 Å². The van der Waals surface area contributed by atoms with Crippen molar-refractivity contribution >= 4 is 11.6 Å². The highest BCUT2D eigenvalue weighted by molar-refractivity contribution is 6.30. The van der Waals surface area contributed by atoms with Crippen LogP contribution >= 0.6 is 11.6 Å². The maximum absolute atomic E-state index is 14.0. The fourth-order valence-electron chi connectivity index (χ4n) is 2.52. The summed E-state index contributed by atoms with van der Waals surface area (Å²) in [5.41, 5.74) is 4.33. The molecule has 1 N–H and O–H groups in total. The Balaban J connectivity index is 2.36. The van der Waals surface area contributed by atoms with Crippen LogP contribution in [0.5, 0.6) is 0 Å². The van der Waals surface area contributed by atoms with Crippen molar-refractivity contribution < 1.29 is 4.39 Å². The zero-order chi connectivity index (χ0) is 14.7. The van der Waals surface area contributed by atoms with E-state index in [1.807, 2.05) is 13.1 Å². The summed E-state index contributed by atoms with van der Waals surface area (Å²) in [7, 11) is 1.85. The fraction of sp³-hybridized carbons (Fsp3) is 0.294. The molecule has 2 aromatic rings. The standard InChI is InChI=1S/C17H19ClFN/c1-11-5-4-6-12(2)14(11)10-17(20-3)15-9-13(18)7-8-16(15)19/h4-9,17,20H,10H2,1-3H3. The molecule has 0 aromatic heterocycles. The Morgan fingerprint density at radius 3 is 2.40 bits per heavy atom. The number of benzene rings is 2. The summed E-state index contributed by atoms with van der Waals surface area (Å²) in [6.45, 7) is 4.17. The maximum atomic E-state index is 14.0. The van der Waals surface area contributed by atoms with E-state index in [9.17, 15) is 4.39 Å². The molecule has 0 bridgehead atoms. The van der Waals surface area contributed by atoms with Gasteiger partial charge in [0.05, 0.1) is 0 Å². The smallest absolute Gasteiger partial charge is 0.128 e. The van der Waals surface area contributed by atoms with Crippen molar-refractivity contribution in [2.24, 2.45) is 0 Å². The molecule has 0 fully saturated rings. The highest BCUT2D eigenvalue weighted by Gasteiger charge is 2.17. The van der Waals surface area contributed by atoms with E-state index in [1.165, 1.54) is 22.8 Å². The molecule has 1 nitrogen and oxygen atoms in total. The zero-order valence-electron chi connectivity index (χ0n) is 12.0. The summed E-state index contributed by atoms with van der Waals surface area (Å²) in [5, 5.41) is 3.75. The molecule has 0 aliphatic carbocycles. The monoisotopic (exact) mass is 291 g/mol. The van der Waals surface area contributed by atoms with Gasteiger partial charge in [0.15, 0.2) is 0 Å². The molecule has 20 heavy (non-hydrogen) atoms. The minimum atomic E-state index is -0.222. The van der Waals surface area contributed by atoms with Crippen LogP contribution in [0.3, 0.4) is 0 Å². The minimum Gasteiger partial charge on any atom is -0.313 e. The fourth-order valence-corrected chi connectivity index (χ4v) is 2.70. The van der Waals surface area contributed by atoms with E-state index in [0.717, 1.165) is 6.42 Å². The Bertz CT molecular complexity index is 590. The first-order chi connectivity index (χ1) is 9.52.